The smallest absolute Gasteiger partial charge is 0.293 e. The summed E-state index contributed by atoms with van der Waals surface area (Å²) in [5, 5.41) is 9.12. The number of hydrogen-bond donors (Lipinski definition) is 1. The van der Waals surface area contributed by atoms with E-state index >= 15 is 0 Å². The van der Waals surface area contributed by atoms with Crippen LogP contribution in [0.25, 0.3) is 0 Å². The molecule has 0 radical (unpaired) electrons. The molecule has 2 fully saturated rings. The summed E-state index contributed by atoms with van der Waals surface area (Å²) in [5.74, 6) is 0.834. The van der Waals surface area contributed by atoms with E-state index in [-0.39, 0.29) is 18.1 Å². The molecular weight excluding hydrogens is 218 g/mol. The van der Waals surface area contributed by atoms with Crippen LogP contribution in [0.2, 0.25) is 0 Å². The topological polar surface area (TPSA) is 58.4 Å². The quantitative estimate of drug-likeness (QED) is 0.823. The summed E-state index contributed by atoms with van der Waals surface area (Å²) < 4.78 is 1.80. The number of anilines is 1. The number of rotatable bonds is 3. The van der Waals surface area contributed by atoms with E-state index < -0.39 is 0 Å². The van der Waals surface area contributed by atoms with E-state index in [0.29, 0.717) is 11.9 Å². The highest BCUT2D eigenvalue weighted by atomic mass is 16.3. The largest absolute Gasteiger partial charge is 0.396 e. The van der Waals surface area contributed by atoms with Crippen LogP contribution in [-0.4, -0.2) is 34.4 Å². The van der Waals surface area contributed by atoms with E-state index in [4.69, 9.17) is 5.11 Å². The lowest BCUT2D eigenvalue weighted by molar-refractivity contribution is 0.238. The molecule has 3 rings (SSSR count). The van der Waals surface area contributed by atoms with Gasteiger partial charge in [0.1, 0.15) is 0 Å². The number of hydrogen-bond acceptors (Lipinski definition) is 4. The number of nitrogens with zero attached hydrogens (tertiary/aromatic N) is 3. The van der Waals surface area contributed by atoms with Crippen LogP contribution in [0.5, 0.6) is 0 Å². The summed E-state index contributed by atoms with van der Waals surface area (Å²) in [6.45, 7) is 1.76. The average molecular weight is 235 g/mol. The van der Waals surface area contributed by atoms with Crippen molar-refractivity contribution in [1.82, 2.24) is 9.55 Å². The molecule has 0 amide bonds. The zero-order valence-corrected chi connectivity index (χ0v) is 9.75. The van der Waals surface area contributed by atoms with Crippen molar-refractivity contribution in [2.24, 2.45) is 5.92 Å². The molecule has 1 aliphatic heterocycles. The zero-order valence-electron chi connectivity index (χ0n) is 9.75. The van der Waals surface area contributed by atoms with Gasteiger partial charge in [-0.05, 0) is 19.3 Å². The molecule has 5 heteroatoms. The van der Waals surface area contributed by atoms with Crippen molar-refractivity contribution in [3.63, 3.8) is 0 Å². The van der Waals surface area contributed by atoms with Crippen molar-refractivity contribution >= 4 is 5.82 Å². The second-order valence-electron chi connectivity index (χ2n) is 4.98. The summed E-state index contributed by atoms with van der Waals surface area (Å²) in [5.41, 5.74) is 0.0218. The first-order valence-corrected chi connectivity index (χ1v) is 6.22. The molecule has 0 aromatic carbocycles. The van der Waals surface area contributed by atoms with Gasteiger partial charge < -0.3 is 14.6 Å². The SMILES string of the molecule is O=c1c(N2CCC(CO)C2)nccn1C1CC1. The third-order valence-corrected chi connectivity index (χ3v) is 3.63. The summed E-state index contributed by atoms with van der Waals surface area (Å²) in [4.78, 5) is 18.4. The Kier molecular flexibility index (Phi) is 2.63. The van der Waals surface area contributed by atoms with Gasteiger partial charge in [-0.3, -0.25) is 4.79 Å². The minimum absolute atomic E-state index is 0.0218. The minimum Gasteiger partial charge on any atom is -0.396 e. The fourth-order valence-electron chi connectivity index (χ4n) is 2.45. The summed E-state index contributed by atoms with van der Waals surface area (Å²) in [6, 6.07) is 0.389. The first kappa shape index (κ1) is 10.8. The molecule has 92 valence electrons. The lowest BCUT2D eigenvalue weighted by Crippen LogP contribution is -2.31. The van der Waals surface area contributed by atoms with Gasteiger partial charge in [0.05, 0.1) is 0 Å². The molecule has 1 atom stereocenters. The fourth-order valence-corrected chi connectivity index (χ4v) is 2.45. The van der Waals surface area contributed by atoms with Gasteiger partial charge >= 0.3 is 0 Å². The van der Waals surface area contributed by atoms with E-state index in [1.165, 1.54) is 0 Å². The second-order valence-corrected chi connectivity index (χ2v) is 4.98. The lowest BCUT2D eigenvalue weighted by Gasteiger charge is -2.17. The maximum absolute atomic E-state index is 12.2. The van der Waals surface area contributed by atoms with Crippen LogP contribution < -0.4 is 10.5 Å². The Balaban J connectivity index is 1.88. The Morgan fingerprint density at radius 2 is 2.24 bits per heavy atom. The van der Waals surface area contributed by atoms with Gasteiger partial charge in [0.25, 0.3) is 5.56 Å². The van der Waals surface area contributed by atoms with Gasteiger partial charge in [-0.1, -0.05) is 0 Å². The van der Waals surface area contributed by atoms with Crippen molar-refractivity contribution in [2.45, 2.75) is 25.3 Å². The van der Waals surface area contributed by atoms with Crippen LogP contribution in [0.15, 0.2) is 17.2 Å². The first-order valence-electron chi connectivity index (χ1n) is 6.22. The molecule has 1 saturated heterocycles. The van der Waals surface area contributed by atoms with Gasteiger partial charge in [-0.15, -0.1) is 0 Å². The van der Waals surface area contributed by atoms with Crippen molar-refractivity contribution in [3.05, 3.63) is 22.7 Å². The molecule has 5 nitrogen and oxygen atoms in total. The third kappa shape index (κ3) is 1.95. The van der Waals surface area contributed by atoms with Gasteiger partial charge in [0.15, 0.2) is 5.82 Å². The van der Waals surface area contributed by atoms with Gasteiger partial charge in [0, 0.05) is 44.0 Å². The highest BCUT2D eigenvalue weighted by Crippen LogP contribution is 2.33. The molecule has 0 bridgehead atoms. The maximum Gasteiger partial charge on any atom is 0.293 e. The summed E-state index contributed by atoms with van der Waals surface area (Å²) in [6.07, 6.45) is 6.63. The van der Waals surface area contributed by atoms with Gasteiger partial charge in [-0.25, -0.2) is 4.98 Å². The fraction of sp³-hybridized carbons (Fsp3) is 0.667. The Morgan fingerprint density at radius 3 is 2.88 bits per heavy atom. The van der Waals surface area contributed by atoms with Crippen LogP contribution in [0.3, 0.4) is 0 Å². The number of aliphatic hydroxyl groups excluding tert-OH is 1. The van der Waals surface area contributed by atoms with Gasteiger partial charge in [-0.2, -0.15) is 0 Å². The highest BCUT2D eigenvalue weighted by Gasteiger charge is 2.28. The van der Waals surface area contributed by atoms with E-state index in [1.54, 1.807) is 17.0 Å². The molecule has 0 spiro atoms. The third-order valence-electron chi connectivity index (χ3n) is 3.63. The average Bonchev–Trinajstić information content (AvgIpc) is 3.07. The molecule has 1 aromatic heterocycles. The Labute approximate surface area is 99.7 Å². The van der Waals surface area contributed by atoms with E-state index in [9.17, 15) is 4.79 Å². The van der Waals surface area contributed by atoms with E-state index in [0.717, 1.165) is 32.4 Å². The van der Waals surface area contributed by atoms with Crippen LogP contribution in [-0.2, 0) is 0 Å². The van der Waals surface area contributed by atoms with Crippen molar-refractivity contribution < 1.29 is 5.11 Å². The van der Waals surface area contributed by atoms with Crippen molar-refractivity contribution in [3.8, 4) is 0 Å². The monoisotopic (exact) mass is 235 g/mol. The zero-order chi connectivity index (χ0) is 11.8. The molecule has 17 heavy (non-hydrogen) atoms. The van der Waals surface area contributed by atoms with Crippen LogP contribution in [0.4, 0.5) is 5.82 Å². The molecule has 2 aliphatic rings. The van der Waals surface area contributed by atoms with E-state index in [1.807, 2.05) is 4.90 Å². The number of aliphatic hydroxyl groups is 1. The minimum atomic E-state index is 0.0218. The maximum atomic E-state index is 12.2. The Bertz CT molecular complexity index is 467. The molecule has 1 unspecified atom stereocenters. The molecule has 1 aromatic rings. The predicted molar refractivity (Wildman–Crippen MR) is 64.2 cm³/mol. The normalized spacial score (nSPS) is 24.3. The standard InChI is InChI=1S/C12H17N3O2/c16-8-9-3-5-14(7-9)11-12(17)15(6-4-13-11)10-1-2-10/h4,6,9-10,16H,1-3,5,7-8H2. The molecular formula is C12H17N3O2. The highest BCUT2D eigenvalue weighted by molar-refractivity contribution is 5.37. The lowest BCUT2D eigenvalue weighted by atomic mass is 10.1. The second kappa shape index (κ2) is 4.14. The van der Waals surface area contributed by atoms with Crippen LogP contribution >= 0.6 is 0 Å². The molecule has 1 aliphatic carbocycles. The molecule has 1 saturated carbocycles. The summed E-state index contributed by atoms with van der Waals surface area (Å²) >= 11 is 0. The van der Waals surface area contributed by atoms with Crippen molar-refractivity contribution in [2.75, 3.05) is 24.6 Å². The number of aromatic nitrogens is 2. The first-order chi connectivity index (χ1) is 8.29. The Morgan fingerprint density at radius 1 is 1.41 bits per heavy atom. The van der Waals surface area contributed by atoms with Crippen LogP contribution in [0.1, 0.15) is 25.3 Å². The van der Waals surface area contributed by atoms with Gasteiger partial charge in [0.2, 0.25) is 0 Å². The molecule has 1 N–H and O–H groups in total. The van der Waals surface area contributed by atoms with E-state index in [2.05, 4.69) is 4.98 Å². The Hall–Kier alpha value is -1.36. The van der Waals surface area contributed by atoms with Crippen LogP contribution in [0, 0.1) is 5.92 Å². The molecule has 2 heterocycles. The summed E-state index contributed by atoms with van der Waals surface area (Å²) in [7, 11) is 0. The van der Waals surface area contributed by atoms with Crippen molar-refractivity contribution in [1.29, 1.82) is 0 Å². The predicted octanol–water partition coefficient (Wildman–Crippen LogP) is 0.397.